The number of ether oxygens (including phenoxy) is 1. The van der Waals surface area contributed by atoms with Crippen LogP contribution in [-0.4, -0.2) is 36.5 Å². The fourth-order valence-corrected chi connectivity index (χ4v) is 2.42. The summed E-state index contributed by atoms with van der Waals surface area (Å²) in [6.07, 6.45) is 1.60. The average Bonchev–Trinajstić information content (AvgIpc) is 2.37. The van der Waals surface area contributed by atoms with Crippen LogP contribution in [0.5, 0.6) is 0 Å². The third-order valence-corrected chi connectivity index (χ3v) is 3.28. The summed E-state index contributed by atoms with van der Waals surface area (Å²) < 4.78 is 5.30. The van der Waals surface area contributed by atoms with Gasteiger partial charge >= 0.3 is 6.09 Å². The second-order valence-corrected chi connectivity index (χ2v) is 5.48. The highest BCUT2D eigenvalue weighted by molar-refractivity contribution is 7.99. The third kappa shape index (κ3) is 3.29. The third-order valence-electron chi connectivity index (χ3n) is 2.66. The van der Waals surface area contributed by atoms with Crippen molar-refractivity contribution in [3.05, 3.63) is 24.3 Å². The van der Waals surface area contributed by atoms with Gasteiger partial charge in [0.15, 0.2) is 0 Å². The number of amides is 1. The van der Waals surface area contributed by atoms with Gasteiger partial charge in [-0.2, -0.15) is 11.8 Å². The van der Waals surface area contributed by atoms with Crippen molar-refractivity contribution < 1.29 is 9.53 Å². The zero-order valence-electron chi connectivity index (χ0n) is 11.4. The predicted molar refractivity (Wildman–Crippen MR) is 80.9 cm³/mol. The van der Waals surface area contributed by atoms with Crippen LogP contribution in [0, 0.1) is 0 Å². The summed E-state index contributed by atoms with van der Waals surface area (Å²) in [7, 11) is 0. The Labute approximate surface area is 117 Å². The summed E-state index contributed by atoms with van der Waals surface area (Å²) in [6, 6.07) is 7.65. The Morgan fingerprint density at radius 2 is 2.21 bits per heavy atom. The molecule has 5 heteroatoms. The maximum atomic E-state index is 12.2. The highest BCUT2D eigenvalue weighted by atomic mass is 32.2. The zero-order chi connectivity index (χ0) is 13.8. The van der Waals surface area contributed by atoms with Crippen LogP contribution in [0.4, 0.5) is 16.2 Å². The molecule has 4 nitrogen and oxygen atoms in total. The van der Waals surface area contributed by atoms with Gasteiger partial charge in [-0.15, -0.1) is 0 Å². The van der Waals surface area contributed by atoms with E-state index in [1.54, 1.807) is 16.7 Å². The molecule has 102 valence electrons. The molecule has 0 spiro atoms. The number of carbonyl (C=O) groups is 1. The van der Waals surface area contributed by atoms with E-state index in [2.05, 4.69) is 4.99 Å². The Balaban J connectivity index is 2.30. The Morgan fingerprint density at radius 3 is 2.89 bits per heavy atom. The van der Waals surface area contributed by atoms with Gasteiger partial charge in [0.2, 0.25) is 0 Å². The van der Waals surface area contributed by atoms with E-state index >= 15 is 0 Å². The topological polar surface area (TPSA) is 41.9 Å². The number of nitrogens with zero attached hydrogens (tertiary/aromatic N) is 2. The number of carbonyl (C=O) groups excluding carboxylic acids is 1. The molecule has 1 aromatic rings. The van der Waals surface area contributed by atoms with Crippen LogP contribution in [0.15, 0.2) is 29.3 Å². The number of aliphatic imine (C=N–C) groups is 1. The lowest BCUT2D eigenvalue weighted by molar-refractivity contribution is 0.123. The van der Waals surface area contributed by atoms with Gasteiger partial charge in [-0.05, 0) is 32.2 Å². The molecular weight excluding hydrogens is 260 g/mol. The first-order valence-electron chi connectivity index (χ1n) is 6.24. The predicted octanol–water partition coefficient (Wildman–Crippen LogP) is 3.49. The molecule has 1 aliphatic rings. The zero-order valence-corrected chi connectivity index (χ0v) is 12.2. The Hall–Kier alpha value is -1.49. The first kappa shape index (κ1) is 13.9. The monoisotopic (exact) mass is 278 g/mol. The van der Waals surface area contributed by atoms with Gasteiger partial charge in [0.25, 0.3) is 0 Å². The van der Waals surface area contributed by atoms with Gasteiger partial charge in [-0.25, -0.2) is 4.79 Å². The number of para-hydroxylation sites is 2. The summed E-state index contributed by atoms with van der Waals surface area (Å²) >= 11 is 1.70. The van der Waals surface area contributed by atoms with Crippen LogP contribution in [-0.2, 0) is 4.74 Å². The molecule has 0 saturated carbocycles. The minimum atomic E-state index is -0.309. The second kappa shape index (κ2) is 6.10. The summed E-state index contributed by atoms with van der Waals surface area (Å²) in [5, 5.41) is 0. The summed E-state index contributed by atoms with van der Waals surface area (Å²) in [6.45, 7) is 4.21. The molecule has 0 atom stereocenters. The molecule has 1 aromatic carbocycles. The standard InChI is InChI=1S/C14H18N2O2S/c1-10(2)18-14(17)16-8-11(9-19-3)15-12-6-4-5-7-13(12)16/h4-7,10H,8-9H2,1-3H3. The van der Waals surface area contributed by atoms with E-state index in [1.165, 1.54) is 0 Å². The Kier molecular flexibility index (Phi) is 4.47. The maximum absolute atomic E-state index is 12.2. The van der Waals surface area contributed by atoms with Gasteiger partial charge in [0, 0.05) is 11.5 Å². The SMILES string of the molecule is CSCC1=Nc2ccccc2N(C(=O)OC(C)C)C1. The molecule has 0 bridgehead atoms. The normalized spacial score (nSPS) is 14.1. The number of thioether (sulfide) groups is 1. The molecule has 0 aromatic heterocycles. The van der Waals surface area contributed by atoms with Gasteiger partial charge in [-0.1, -0.05) is 12.1 Å². The first-order valence-corrected chi connectivity index (χ1v) is 7.63. The van der Waals surface area contributed by atoms with E-state index in [0.717, 1.165) is 22.8 Å². The van der Waals surface area contributed by atoms with Crippen LogP contribution < -0.4 is 4.90 Å². The van der Waals surface area contributed by atoms with Crippen molar-refractivity contribution in [2.75, 3.05) is 23.5 Å². The molecule has 0 aliphatic carbocycles. The Bertz CT molecular complexity index is 500. The van der Waals surface area contributed by atoms with Crippen LogP contribution in [0.25, 0.3) is 0 Å². The molecule has 1 heterocycles. The fourth-order valence-electron chi connectivity index (χ4n) is 1.93. The molecule has 19 heavy (non-hydrogen) atoms. The molecule has 0 N–H and O–H groups in total. The first-order chi connectivity index (χ1) is 9.11. The molecule has 0 radical (unpaired) electrons. The van der Waals surface area contributed by atoms with Crippen molar-refractivity contribution >= 4 is 34.9 Å². The van der Waals surface area contributed by atoms with Gasteiger partial charge in [0.1, 0.15) is 0 Å². The number of fused-ring (bicyclic) bond motifs is 1. The average molecular weight is 278 g/mol. The summed E-state index contributed by atoms with van der Waals surface area (Å²) in [5.74, 6) is 0.819. The van der Waals surface area contributed by atoms with Crippen molar-refractivity contribution in [3.8, 4) is 0 Å². The van der Waals surface area contributed by atoms with Crippen LogP contribution in [0.3, 0.4) is 0 Å². The minimum Gasteiger partial charge on any atom is -0.446 e. The lowest BCUT2D eigenvalue weighted by Gasteiger charge is -2.28. The largest absolute Gasteiger partial charge is 0.446 e. The molecule has 0 saturated heterocycles. The molecule has 2 rings (SSSR count). The lowest BCUT2D eigenvalue weighted by Crippen LogP contribution is -2.39. The fraction of sp³-hybridized carbons (Fsp3) is 0.429. The van der Waals surface area contributed by atoms with Crippen LogP contribution in [0.1, 0.15) is 13.8 Å². The number of rotatable bonds is 3. The van der Waals surface area contributed by atoms with Crippen LogP contribution >= 0.6 is 11.8 Å². The van der Waals surface area contributed by atoms with Crippen molar-refractivity contribution in [3.63, 3.8) is 0 Å². The van der Waals surface area contributed by atoms with Gasteiger partial charge < -0.3 is 4.74 Å². The van der Waals surface area contributed by atoms with E-state index in [0.29, 0.717) is 6.54 Å². The van der Waals surface area contributed by atoms with Crippen molar-refractivity contribution in [2.24, 2.45) is 4.99 Å². The van der Waals surface area contributed by atoms with E-state index in [1.807, 2.05) is 44.4 Å². The molecule has 1 amide bonds. The lowest BCUT2D eigenvalue weighted by atomic mass is 10.2. The van der Waals surface area contributed by atoms with Gasteiger partial charge in [-0.3, -0.25) is 9.89 Å². The van der Waals surface area contributed by atoms with E-state index < -0.39 is 0 Å². The maximum Gasteiger partial charge on any atom is 0.414 e. The van der Waals surface area contributed by atoms with E-state index in [9.17, 15) is 4.79 Å². The number of anilines is 1. The number of hydrogen-bond acceptors (Lipinski definition) is 4. The van der Waals surface area contributed by atoms with Crippen LogP contribution in [0.2, 0.25) is 0 Å². The second-order valence-electron chi connectivity index (χ2n) is 4.62. The number of hydrogen-bond donors (Lipinski definition) is 0. The van der Waals surface area contributed by atoms with Crippen molar-refractivity contribution in [1.82, 2.24) is 0 Å². The molecule has 1 aliphatic heterocycles. The quantitative estimate of drug-likeness (QED) is 0.850. The van der Waals surface area contributed by atoms with E-state index in [-0.39, 0.29) is 12.2 Å². The minimum absolute atomic E-state index is 0.123. The summed E-state index contributed by atoms with van der Waals surface area (Å²) in [4.78, 5) is 18.4. The highest BCUT2D eigenvalue weighted by Crippen LogP contribution is 2.32. The molecule has 0 fully saturated rings. The molecular formula is C14H18N2O2S. The van der Waals surface area contributed by atoms with E-state index in [4.69, 9.17) is 4.74 Å². The Morgan fingerprint density at radius 1 is 1.47 bits per heavy atom. The van der Waals surface area contributed by atoms with Crippen molar-refractivity contribution in [1.29, 1.82) is 0 Å². The molecule has 0 unspecified atom stereocenters. The van der Waals surface area contributed by atoms with Crippen molar-refractivity contribution in [2.45, 2.75) is 20.0 Å². The summed E-state index contributed by atoms with van der Waals surface area (Å²) in [5.41, 5.74) is 2.64. The number of benzene rings is 1. The smallest absolute Gasteiger partial charge is 0.414 e. The highest BCUT2D eigenvalue weighted by Gasteiger charge is 2.25. The van der Waals surface area contributed by atoms with Gasteiger partial charge in [0.05, 0.1) is 24.0 Å².